The first-order chi connectivity index (χ1) is 9.45. The monoisotopic (exact) mass is 350 g/mol. The van der Waals surface area contributed by atoms with Crippen LogP contribution in [0.2, 0.25) is 5.02 Å². The molecule has 2 aliphatic heterocycles. The topological polar surface area (TPSA) is 49.4 Å². The predicted molar refractivity (Wildman–Crippen MR) is 86.7 cm³/mol. The molecular formula is C14H20Cl2N2O2S. The Hall–Kier alpha value is -0.330. The molecule has 1 spiro atoms. The molecule has 2 heterocycles. The summed E-state index contributed by atoms with van der Waals surface area (Å²) in [6.45, 7) is 4.90. The first kappa shape index (κ1) is 17.0. The van der Waals surface area contributed by atoms with Crippen LogP contribution in [0.25, 0.3) is 0 Å². The van der Waals surface area contributed by atoms with Gasteiger partial charge in [-0.1, -0.05) is 17.7 Å². The minimum Gasteiger partial charge on any atom is -0.316 e. The van der Waals surface area contributed by atoms with Gasteiger partial charge < -0.3 is 5.32 Å². The molecule has 2 aliphatic rings. The van der Waals surface area contributed by atoms with E-state index in [0.717, 1.165) is 25.9 Å². The fraction of sp³-hybridized carbons (Fsp3) is 0.571. The van der Waals surface area contributed by atoms with E-state index in [2.05, 4.69) is 5.32 Å². The number of halogens is 2. The second-order valence-electron chi connectivity index (χ2n) is 5.88. The van der Waals surface area contributed by atoms with Crippen LogP contribution >= 0.6 is 24.0 Å². The van der Waals surface area contributed by atoms with Gasteiger partial charge in [-0.2, -0.15) is 4.31 Å². The molecule has 1 aromatic rings. The van der Waals surface area contributed by atoms with E-state index in [1.807, 2.05) is 0 Å². The minimum absolute atomic E-state index is 0. The molecule has 7 heteroatoms. The van der Waals surface area contributed by atoms with E-state index >= 15 is 0 Å². The van der Waals surface area contributed by atoms with Gasteiger partial charge in [-0.25, -0.2) is 8.42 Å². The van der Waals surface area contributed by atoms with Crippen molar-refractivity contribution in [1.29, 1.82) is 0 Å². The van der Waals surface area contributed by atoms with Gasteiger partial charge in [0.05, 0.1) is 4.90 Å². The van der Waals surface area contributed by atoms with E-state index in [4.69, 9.17) is 11.6 Å². The summed E-state index contributed by atoms with van der Waals surface area (Å²) in [5.74, 6) is 0. The van der Waals surface area contributed by atoms with Crippen LogP contribution in [-0.4, -0.2) is 38.9 Å². The molecule has 21 heavy (non-hydrogen) atoms. The Balaban J connectivity index is 0.00000161. The zero-order valence-electron chi connectivity index (χ0n) is 11.9. The number of nitrogens with one attached hydrogen (secondary N) is 1. The molecule has 1 unspecified atom stereocenters. The average Bonchev–Trinajstić information content (AvgIpc) is 3.04. The molecule has 1 N–H and O–H groups in total. The van der Waals surface area contributed by atoms with Crippen molar-refractivity contribution in [3.8, 4) is 0 Å². The van der Waals surface area contributed by atoms with Crippen LogP contribution in [-0.2, 0) is 10.0 Å². The molecule has 2 saturated heterocycles. The van der Waals surface area contributed by atoms with Crippen LogP contribution in [0.4, 0.5) is 0 Å². The third-order valence-electron chi connectivity index (χ3n) is 4.57. The van der Waals surface area contributed by atoms with E-state index in [1.54, 1.807) is 29.4 Å². The van der Waals surface area contributed by atoms with Crippen molar-refractivity contribution in [2.75, 3.05) is 26.2 Å². The van der Waals surface area contributed by atoms with Crippen LogP contribution in [0.1, 0.15) is 18.4 Å². The van der Waals surface area contributed by atoms with E-state index in [-0.39, 0.29) is 17.8 Å². The van der Waals surface area contributed by atoms with Crippen molar-refractivity contribution in [2.24, 2.45) is 5.41 Å². The highest BCUT2D eigenvalue weighted by Crippen LogP contribution is 2.39. The predicted octanol–water partition coefficient (Wildman–Crippen LogP) is 2.44. The maximum absolute atomic E-state index is 12.8. The van der Waals surface area contributed by atoms with E-state index < -0.39 is 10.0 Å². The van der Waals surface area contributed by atoms with Crippen molar-refractivity contribution < 1.29 is 8.42 Å². The van der Waals surface area contributed by atoms with Crippen LogP contribution in [0.3, 0.4) is 0 Å². The summed E-state index contributed by atoms with van der Waals surface area (Å²) in [7, 11) is -3.43. The largest absolute Gasteiger partial charge is 0.316 e. The second kappa shape index (κ2) is 6.05. The van der Waals surface area contributed by atoms with Crippen LogP contribution in [0.15, 0.2) is 23.1 Å². The smallest absolute Gasteiger partial charge is 0.243 e. The second-order valence-corrected chi connectivity index (χ2v) is 8.19. The van der Waals surface area contributed by atoms with Gasteiger partial charge in [-0.3, -0.25) is 0 Å². The number of sulfonamides is 1. The molecule has 0 amide bonds. The summed E-state index contributed by atoms with van der Waals surface area (Å²) in [5.41, 5.74) is 0.777. The van der Waals surface area contributed by atoms with E-state index in [1.165, 1.54) is 0 Å². The average molecular weight is 351 g/mol. The first-order valence-corrected chi connectivity index (χ1v) is 8.72. The quantitative estimate of drug-likeness (QED) is 0.891. The fourth-order valence-corrected chi connectivity index (χ4v) is 5.28. The minimum atomic E-state index is -3.43. The molecule has 0 radical (unpaired) electrons. The zero-order valence-corrected chi connectivity index (χ0v) is 14.3. The number of nitrogens with zero attached hydrogens (tertiary/aromatic N) is 1. The van der Waals surface area contributed by atoms with Crippen molar-refractivity contribution >= 4 is 34.0 Å². The number of rotatable bonds is 2. The van der Waals surface area contributed by atoms with Crippen LogP contribution < -0.4 is 5.32 Å². The van der Waals surface area contributed by atoms with Crippen LogP contribution in [0, 0.1) is 12.3 Å². The Morgan fingerprint density at radius 1 is 1.33 bits per heavy atom. The Labute approximate surface area is 137 Å². The molecule has 118 valence electrons. The molecule has 2 fully saturated rings. The van der Waals surface area contributed by atoms with E-state index in [0.29, 0.717) is 28.6 Å². The number of benzene rings is 1. The Kier molecular flexibility index (Phi) is 4.90. The van der Waals surface area contributed by atoms with Crippen molar-refractivity contribution in [3.63, 3.8) is 0 Å². The Morgan fingerprint density at radius 2 is 2.10 bits per heavy atom. The lowest BCUT2D eigenvalue weighted by Gasteiger charge is -2.23. The molecule has 3 rings (SSSR count). The number of hydrogen-bond donors (Lipinski definition) is 1. The summed E-state index contributed by atoms with van der Waals surface area (Å²) < 4.78 is 27.2. The summed E-state index contributed by atoms with van der Waals surface area (Å²) in [4.78, 5) is 0.341. The number of hydrogen-bond acceptors (Lipinski definition) is 3. The lowest BCUT2D eigenvalue weighted by Crippen LogP contribution is -2.33. The van der Waals surface area contributed by atoms with Gasteiger partial charge >= 0.3 is 0 Å². The highest BCUT2D eigenvalue weighted by molar-refractivity contribution is 7.89. The molecule has 0 saturated carbocycles. The highest BCUT2D eigenvalue weighted by Gasteiger charge is 2.44. The maximum atomic E-state index is 12.8. The summed E-state index contributed by atoms with van der Waals surface area (Å²) in [5, 5.41) is 3.85. The van der Waals surface area contributed by atoms with Crippen molar-refractivity contribution in [1.82, 2.24) is 9.62 Å². The lowest BCUT2D eigenvalue weighted by atomic mass is 9.87. The van der Waals surface area contributed by atoms with Gasteiger partial charge in [0.15, 0.2) is 0 Å². The fourth-order valence-electron chi connectivity index (χ4n) is 3.25. The van der Waals surface area contributed by atoms with Gasteiger partial charge in [0.25, 0.3) is 0 Å². The standard InChI is InChI=1S/C14H19ClN2O2S.ClH/c1-11-12(15)3-2-4-13(11)20(18,19)17-8-6-14(10-17)5-7-16-9-14;/h2-4,16H,5-10H2,1H3;1H. The molecule has 4 nitrogen and oxygen atoms in total. The molecule has 0 bridgehead atoms. The van der Waals surface area contributed by atoms with Gasteiger partial charge in [0, 0.05) is 24.7 Å². The van der Waals surface area contributed by atoms with Gasteiger partial charge in [-0.15, -0.1) is 12.4 Å². The van der Waals surface area contributed by atoms with Crippen molar-refractivity contribution in [3.05, 3.63) is 28.8 Å². The first-order valence-electron chi connectivity index (χ1n) is 6.91. The van der Waals surface area contributed by atoms with E-state index in [9.17, 15) is 8.42 Å². The third kappa shape index (κ3) is 2.94. The summed E-state index contributed by atoms with van der Waals surface area (Å²) in [6, 6.07) is 5.07. The molecule has 1 atom stereocenters. The van der Waals surface area contributed by atoms with Crippen molar-refractivity contribution in [2.45, 2.75) is 24.7 Å². The molecular weight excluding hydrogens is 331 g/mol. The van der Waals surface area contributed by atoms with Gasteiger partial charge in [0.1, 0.15) is 0 Å². The Morgan fingerprint density at radius 3 is 2.76 bits per heavy atom. The Bertz CT molecular complexity index is 628. The maximum Gasteiger partial charge on any atom is 0.243 e. The molecule has 0 aliphatic carbocycles. The van der Waals surface area contributed by atoms with Gasteiger partial charge in [0.2, 0.25) is 10.0 Å². The summed E-state index contributed by atoms with van der Waals surface area (Å²) >= 11 is 6.05. The highest BCUT2D eigenvalue weighted by atomic mass is 35.5. The van der Waals surface area contributed by atoms with Crippen LogP contribution in [0.5, 0.6) is 0 Å². The lowest BCUT2D eigenvalue weighted by molar-refractivity contribution is 0.338. The van der Waals surface area contributed by atoms with Gasteiger partial charge in [-0.05, 0) is 49.4 Å². The molecule has 0 aromatic heterocycles. The summed E-state index contributed by atoms with van der Waals surface area (Å²) in [6.07, 6.45) is 2.01. The zero-order chi connectivity index (χ0) is 14.4. The third-order valence-corrected chi connectivity index (χ3v) is 6.97. The molecule has 1 aromatic carbocycles. The SMILES string of the molecule is Cc1c(Cl)cccc1S(=O)(=O)N1CCC2(CCNC2)C1.Cl. The normalized spacial score (nSPS) is 26.2.